The smallest absolute Gasteiger partial charge is 0.305 e. The van der Waals surface area contributed by atoms with Crippen molar-refractivity contribution in [3.05, 3.63) is 177 Å². The summed E-state index contributed by atoms with van der Waals surface area (Å²) in [5, 5.41) is 25.3. The Morgan fingerprint density at radius 3 is 0.734 bits per heavy atom. The molecule has 0 radical (unpaired) electrons. The number of primary amides is 1. The van der Waals surface area contributed by atoms with Gasteiger partial charge < -0.3 is 52.4 Å². The van der Waals surface area contributed by atoms with Crippen molar-refractivity contribution in [2.24, 2.45) is 32.8 Å². The molecule has 594 valence electrons. The highest BCUT2D eigenvalue weighted by Crippen LogP contribution is 2.20. The van der Waals surface area contributed by atoms with Gasteiger partial charge in [0.05, 0.1) is 20.0 Å². The van der Waals surface area contributed by atoms with Gasteiger partial charge >= 0.3 is 11.9 Å². The molecular formula is C84H116N8O17. The Hall–Kier alpha value is -10.9. The molecule has 109 heavy (non-hydrogen) atoms. The summed E-state index contributed by atoms with van der Waals surface area (Å²) < 4.78 is 4.51. The Bertz CT molecular complexity index is 3680. The summed E-state index contributed by atoms with van der Waals surface area (Å²) in [5.41, 5.74) is 10.2. The van der Waals surface area contributed by atoms with E-state index in [2.05, 4.69) is 36.6 Å². The van der Waals surface area contributed by atoms with Crippen molar-refractivity contribution in [2.45, 2.75) is 201 Å². The third kappa shape index (κ3) is 40.6. The van der Waals surface area contributed by atoms with Crippen LogP contribution in [0.4, 0.5) is 0 Å². The number of methoxy groups -OCH3 is 1. The molecule has 0 aliphatic rings. The molecule has 5 rings (SSSR count). The number of carbonyl (C=O) groups excluding carboxylic acids is 14. The Labute approximate surface area is 642 Å². The molecule has 8 amide bonds. The zero-order valence-corrected chi connectivity index (χ0v) is 67.2. The van der Waals surface area contributed by atoms with Crippen molar-refractivity contribution in [3.63, 3.8) is 0 Å². The molecular weight excluding hydrogens is 1390 g/mol. The second-order valence-electron chi connectivity index (χ2n) is 31.2. The average molecular weight is 1510 g/mol. The van der Waals surface area contributed by atoms with E-state index in [0.29, 0.717) is 60.5 Å². The highest BCUT2D eigenvalue weighted by molar-refractivity contribution is 6.00. The molecule has 9 N–H and O–H groups in total. The van der Waals surface area contributed by atoms with Crippen molar-refractivity contribution in [1.29, 1.82) is 0 Å². The van der Waals surface area contributed by atoms with Gasteiger partial charge in [0, 0.05) is 160 Å². The summed E-state index contributed by atoms with van der Waals surface area (Å²) in [6, 6.07) is 35.0. The molecule has 0 aliphatic carbocycles. The number of nitrogens with one attached hydrogen (secondary N) is 6. The van der Waals surface area contributed by atoms with Gasteiger partial charge in [-0.15, -0.1) is 0 Å². The van der Waals surface area contributed by atoms with Gasteiger partial charge in [-0.2, -0.15) is 0 Å². The van der Waals surface area contributed by atoms with Crippen LogP contribution in [-0.4, -0.2) is 126 Å². The molecule has 0 saturated carbocycles. The summed E-state index contributed by atoms with van der Waals surface area (Å²) in [5.74, 6) is -2.69. The van der Waals surface area contributed by atoms with Gasteiger partial charge in [-0.05, 0) is 27.8 Å². The fraction of sp³-hybridized carbons (Fsp3) is 0.464. The zero-order chi connectivity index (χ0) is 83.2. The predicted molar refractivity (Wildman–Crippen MR) is 418 cm³/mol. The first kappa shape index (κ1) is 96.2. The van der Waals surface area contributed by atoms with Crippen LogP contribution in [0, 0.1) is 27.1 Å². The minimum absolute atomic E-state index is 0.00452. The number of ether oxygens (including phenoxy) is 1. The number of benzene rings is 5. The van der Waals surface area contributed by atoms with Crippen molar-refractivity contribution < 1.29 is 81.8 Å². The number of nitrogens with two attached hydrogens (primary N) is 1. The first-order chi connectivity index (χ1) is 50.5. The van der Waals surface area contributed by atoms with E-state index >= 15 is 0 Å². The number of carboxylic acid groups (broad SMARTS) is 1. The maximum atomic E-state index is 12.0. The Balaban J connectivity index is 0.000000682. The zero-order valence-electron chi connectivity index (χ0n) is 67.2. The van der Waals surface area contributed by atoms with Crippen LogP contribution in [0.3, 0.4) is 0 Å². The van der Waals surface area contributed by atoms with E-state index in [0.717, 1.165) is 27.8 Å². The lowest BCUT2D eigenvalue weighted by Gasteiger charge is -2.17. The van der Waals surface area contributed by atoms with Crippen LogP contribution in [-0.2, 0) is 85.4 Å². The molecule has 25 nitrogen and oxygen atoms in total. The number of carboxylic acids is 1. The van der Waals surface area contributed by atoms with Crippen LogP contribution in [0.25, 0.3) is 0 Å². The lowest BCUT2D eigenvalue weighted by Crippen LogP contribution is -2.34. The number of aliphatic carboxylic acids is 1. The molecule has 0 spiro atoms. The second kappa shape index (κ2) is 46.4. The third-order valence-electron chi connectivity index (χ3n) is 15.9. The summed E-state index contributed by atoms with van der Waals surface area (Å²) in [4.78, 5) is 174. The number of esters is 1. The van der Waals surface area contributed by atoms with E-state index in [1.807, 2.05) is 128 Å². The van der Waals surface area contributed by atoms with Crippen molar-refractivity contribution >= 4 is 88.1 Å². The van der Waals surface area contributed by atoms with E-state index in [1.54, 1.807) is 118 Å². The molecule has 5 aromatic carbocycles. The fourth-order valence-electron chi connectivity index (χ4n) is 8.57. The van der Waals surface area contributed by atoms with Crippen LogP contribution >= 0.6 is 0 Å². The molecule has 0 unspecified atom stereocenters. The molecule has 25 heteroatoms. The van der Waals surface area contributed by atoms with Crippen molar-refractivity contribution in [2.75, 3.05) is 28.3 Å². The Morgan fingerprint density at radius 2 is 0.541 bits per heavy atom. The summed E-state index contributed by atoms with van der Waals surface area (Å²) in [7, 11) is 6.20. The first-order valence-corrected chi connectivity index (χ1v) is 36.0. The van der Waals surface area contributed by atoms with E-state index in [4.69, 9.17) is 10.8 Å². The molecule has 0 aromatic heterocycles. The number of rotatable bonds is 30. The molecule has 0 heterocycles. The molecule has 0 fully saturated rings. The van der Waals surface area contributed by atoms with Gasteiger partial charge in [0.2, 0.25) is 47.3 Å². The van der Waals surface area contributed by atoms with E-state index in [1.165, 1.54) is 12.0 Å². The first-order valence-electron chi connectivity index (χ1n) is 36.0. The number of hydrogen-bond acceptors (Lipinski definition) is 16. The van der Waals surface area contributed by atoms with Crippen LogP contribution in [0.5, 0.6) is 0 Å². The molecule has 5 aromatic rings. The standard InChI is InChI=1S/C18H26N2O3.C17H24N2O3.C17H23NO4.C16H22N2O3.C16H21NO4/c1-18(2,3)17(23)19-12-13-6-8-14(9-7-13)15(21)10-11-16(22)20(4)5;1-17(2,3)16(22)19-11-12-5-7-13(8-6-12)14(20)9-10-15(21)18-4;1-17(2,3)16(21)18-11-12-5-7-13(8-6-12)14(19)9-10-15(20)22-4;1-16(2,3)15(21)18-10-11-4-6-12(7-5-11)13(19)8-9-14(17)20;1-16(2,3)15(21)17-10-11-4-6-12(7-5-11)13(18)8-9-14(19)20/h6-9H,10-12H2,1-5H3,(H,19,23);5-8H,9-11H2,1-4H3,(H,18,21)(H,19,22);5-8H,9-11H2,1-4H3,(H,18,21);4-7H,8-10H2,1-3H3,(H2,17,20)(H,18,21);4-7H,8-10H2,1-3H3,(H,17,21)(H,19,20). The third-order valence-corrected chi connectivity index (χ3v) is 15.9. The van der Waals surface area contributed by atoms with Crippen LogP contribution in [0.2, 0.25) is 0 Å². The quantitative estimate of drug-likeness (QED) is 0.0156. The highest BCUT2D eigenvalue weighted by Gasteiger charge is 2.25. The van der Waals surface area contributed by atoms with Crippen LogP contribution < -0.4 is 37.6 Å². The van der Waals surface area contributed by atoms with Gasteiger partial charge in [-0.1, -0.05) is 225 Å². The number of Topliss-reactive ketones (excluding diaryl/α,β-unsaturated/α-hetero) is 5. The number of carbonyl (C=O) groups is 15. The Morgan fingerprint density at radius 1 is 0.330 bits per heavy atom. The number of nitrogens with zero attached hydrogens (tertiary/aromatic N) is 1. The summed E-state index contributed by atoms with van der Waals surface area (Å²) in [6.07, 6.45) is 1.03. The van der Waals surface area contributed by atoms with Gasteiger partial charge in [-0.3, -0.25) is 71.9 Å². The van der Waals surface area contributed by atoms with E-state index in [-0.39, 0.29) is 134 Å². The van der Waals surface area contributed by atoms with Crippen LogP contribution in [0.15, 0.2) is 121 Å². The number of hydrogen-bond donors (Lipinski definition) is 8. The normalized spacial score (nSPS) is 11.0. The Kier molecular flexibility index (Phi) is 40.9. The molecule has 0 saturated heterocycles. The minimum Gasteiger partial charge on any atom is -0.481 e. The monoisotopic (exact) mass is 1510 g/mol. The SMILES string of the molecule is CC(C)(C)C(=O)NCc1ccc(C(=O)CCC(=O)O)cc1.CC(C)(C)C(=O)NCc1ccc(C(=O)CCC(N)=O)cc1.CN(C)C(=O)CCC(=O)c1ccc(CNC(=O)C(C)(C)C)cc1.CNC(=O)CCC(=O)c1ccc(CNC(=O)C(C)(C)C)cc1.COC(=O)CCC(=O)c1ccc(CNC(=O)C(C)(C)C)cc1. The van der Waals surface area contributed by atoms with Crippen molar-refractivity contribution in [3.8, 4) is 0 Å². The van der Waals surface area contributed by atoms with Gasteiger partial charge in [0.25, 0.3) is 0 Å². The molecule has 0 bridgehead atoms. The lowest BCUT2D eigenvalue weighted by molar-refractivity contribution is -0.140. The summed E-state index contributed by atoms with van der Waals surface area (Å²) >= 11 is 0. The van der Waals surface area contributed by atoms with Crippen molar-refractivity contribution in [1.82, 2.24) is 36.8 Å². The number of amides is 8. The van der Waals surface area contributed by atoms with Gasteiger partial charge in [-0.25, -0.2) is 0 Å². The second-order valence-corrected chi connectivity index (χ2v) is 31.2. The lowest BCUT2D eigenvalue weighted by atomic mass is 9.95. The van der Waals surface area contributed by atoms with E-state index in [9.17, 15) is 71.9 Å². The molecule has 0 atom stereocenters. The van der Waals surface area contributed by atoms with Gasteiger partial charge in [0.1, 0.15) is 0 Å². The van der Waals surface area contributed by atoms with Crippen LogP contribution in [0.1, 0.15) is 248 Å². The number of ketones is 5. The highest BCUT2D eigenvalue weighted by atomic mass is 16.5. The maximum Gasteiger partial charge on any atom is 0.305 e. The summed E-state index contributed by atoms with van der Waals surface area (Å²) in [6.45, 7) is 29.9. The molecule has 0 aliphatic heterocycles. The maximum absolute atomic E-state index is 12.0. The minimum atomic E-state index is -0.982. The van der Waals surface area contributed by atoms with E-state index < -0.39 is 44.9 Å². The predicted octanol–water partition coefficient (Wildman–Crippen LogP) is 11.1. The fourth-order valence-corrected chi connectivity index (χ4v) is 8.57. The van der Waals surface area contributed by atoms with Gasteiger partial charge in [0.15, 0.2) is 28.9 Å². The topological polar surface area (TPSA) is 387 Å². The average Bonchev–Trinajstić information content (AvgIpc) is 0.888. The largest absolute Gasteiger partial charge is 0.481 e.